The fourth-order valence-corrected chi connectivity index (χ4v) is 6.99. The number of rotatable bonds is 7. The molecular formula is C19H17N3O6S4. The van der Waals surface area contributed by atoms with Crippen LogP contribution in [0, 0.1) is 0 Å². The van der Waals surface area contributed by atoms with Crippen LogP contribution in [0.4, 0.5) is 11.4 Å². The quantitative estimate of drug-likeness (QED) is 0.393. The van der Waals surface area contributed by atoms with Crippen molar-refractivity contribution in [1.82, 2.24) is 3.96 Å². The molecule has 0 atom stereocenters. The zero-order valence-electron chi connectivity index (χ0n) is 16.7. The largest absolute Gasteiger partial charge is 0.494 e. The van der Waals surface area contributed by atoms with Gasteiger partial charge in [0, 0.05) is 7.05 Å². The summed E-state index contributed by atoms with van der Waals surface area (Å²) in [5.74, 6) is 0.132. The average molecular weight is 512 g/mol. The number of aromatic nitrogens is 1. The first-order chi connectivity index (χ1) is 15.1. The van der Waals surface area contributed by atoms with Crippen molar-refractivity contribution >= 4 is 65.2 Å². The first-order valence-corrected chi connectivity index (χ1v) is 13.6. The van der Waals surface area contributed by atoms with E-state index < -0.39 is 20.0 Å². The summed E-state index contributed by atoms with van der Waals surface area (Å²) in [5.41, 5.74) is 0.534. The van der Waals surface area contributed by atoms with E-state index in [1.165, 1.54) is 43.5 Å². The standard InChI is InChI=1S/C19H17N3O6S4/c1-22-15-9-8-12(11-13(15)19(23)30-22)31(24,25)20-14-5-3-6-16(28-2)18(14)21-32(26,27)17-7-4-10-29-17/h3-11,20-21H,1-2H3. The van der Waals surface area contributed by atoms with Crippen LogP contribution in [0.25, 0.3) is 10.9 Å². The molecule has 0 aliphatic rings. The molecule has 2 N–H and O–H groups in total. The maximum atomic E-state index is 13.1. The van der Waals surface area contributed by atoms with Crippen LogP contribution in [0.3, 0.4) is 0 Å². The fraction of sp³-hybridized carbons (Fsp3) is 0.105. The lowest BCUT2D eigenvalue weighted by molar-refractivity contribution is 0.417. The molecule has 0 saturated carbocycles. The van der Waals surface area contributed by atoms with Gasteiger partial charge >= 0.3 is 0 Å². The molecule has 168 valence electrons. The van der Waals surface area contributed by atoms with Crippen molar-refractivity contribution in [1.29, 1.82) is 0 Å². The van der Waals surface area contributed by atoms with Crippen molar-refractivity contribution in [2.75, 3.05) is 16.6 Å². The van der Waals surface area contributed by atoms with Crippen LogP contribution in [0.2, 0.25) is 0 Å². The smallest absolute Gasteiger partial charge is 0.271 e. The number of fused-ring (bicyclic) bond motifs is 1. The molecule has 13 heteroatoms. The van der Waals surface area contributed by atoms with Gasteiger partial charge in [0.15, 0.2) is 0 Å². The first kappa shape index (κ1) is 22.3. The van der Waals surface area contributed by atoms with Crippen molar-refractivity contribution in [3.05, 3.63) is 63.4 Å². The number of anilines is 2. The molecule has 4 rings (SSSR count). The molecule has 2 heterocycles. The second-order valence-electron chi connectivity index (χ2n) is 6.58. The summed E-state index contributed by atoms with van der Waals surface area (Å²) in [5, 5.41) is 1.90. The average Bonchev–Trinajstić information content (AvgIpc) is 3.38. The predicted molar refractivity (Wildman–Crippen MR) is 126 cm³/mol. The third-order valence-corrected chi connectivity index (χ3v) is 9.51. The molecule has 4 aromatic rings. The Morgan fingerprint density at radius 2 is 1.75 bits per heavy atom. The van der Waals surface area contributed by atoms with Crippen molar-refractivity contribution in [2.45, 2.75) is 9.10 Å². The summed E-state index contributed by atoms with van der Waals surface area (Å²) in [6.07, 6.45) is 0. The van der Waals surface area contributed by atoms with Gasteiger partial charge in [-0.2, -0.15) is 0 Å². The molecule has 32 heavy (non-hydrogen) atoms. The zero-order valence-corrected chi connectivity index (χ0v) is 20.0. The molecule has 0 amide bonds. The second kappa shape index (κ2) is 8.24. The van der Waals surface area contributed by atoms with Crippen LogP contribution in [-0.2, 0) is 27.1 Å². The van der Waals surface area contributed by atoms with Crippen LogP contribution in [-0.4, -0.2) is 27.9 Å². The maximum absolute atomic E-state index is 13.1. The van der Waals surface area contributed by atoms with E-state index in [2.05, 4.69) is 9.44 Å². The van der Waals surface area contributed by atoms with Gasteiger partial charge in [0.2, 0.25) is 0 Å². The molecule has 0 spiro atoms. The number of ether oxygens (including phenoxy) is 1. The highest BCUT2D eigenvalue weighted by atomic mass is 32.2. The fourth-order valence-electron chi connectivity index (χ4n) is 3.04. The van der Waals surface area contributed by atoms with Gasteiger partial charge in [-0.05, 0) is 53.3 Å². The van der Waals surface area contributed by atoms with Gasteiger partial charge in [0.05, 0.1) is 28.6 Å². The van der Waals surface area contributed by atoms with E-state index in [1.54, 1.807) is 28.5 Å². The van der Waals surface area contributed by atoms with Gasteiger partial charge in [-0.25, -0.2) is 16.8 Å². The van der Waals surface area contributed by atoms with Gasteiger partial charge in [-0.1, -0.05) is 12.1 Å². The number of sulfonamides is 2. The van der Waals surface area contributed by atoms with Crippen molar-refractivity contribution in [3.8, 4) is 5.75 Å². The lowest BCUT2D eigenvalue weighted by atomic mass is 10.2. The number of aryl methyl sites for hydroxylation is 1. The number of nitrogens with zero attached hydrogens (tertiary/aromatic N) is 1. The Hall–Kier alpha value is -2.87. The molecule has 0 saturated heterocycles. The molecule has 0 fully saturated rings. The van der Waals surface area contributed by atoms with Crippen LogP contribution < -0.4 is 18.9 Å². The van der Waals surface area contributed by atoms with Gasteiger partial charge in [-0.3, -0.25) is 18.2 Å². The number of benzene rings is 2. The number of thiophene rings is 1. The molecule has 2 aromatic carbocycles. The molecule has 0 radical (unpaired) electrons. The summed E-state index contributed by atoms with van der Waals surface area (Å²) < 4.78 is 63.1. The van der Waals surface area contributed by atoms with Crippen LogP contribution in [0.15, 0.2) is 67.8 Å². The predicted octanol–water partition coefficient (Wildman–Crippen LogP) is 3.27. The Balaban J connectivity index is 1.76. The molecule has 0 unspecified atom stereocenters. The van der Waals surface area contributed by atoms with E-state index in [1.807, 2.05) is 0 Å². The van der Waals surface area contributed by atoms with Crippen LogP contribution >= 0.6 is 22.9 Å². The third-order valence-electron chi connectivity index (χ3n) is 4.54. The zero-order chi connectivity index (χ0) is 23.1. The Bertz CT molecular complexity index is 1570. The van der Waals surface area contributed by atoms with E-state index in [9.17, 15) is 21.6 Å². The van der Waals surface area contributed by atoms with E-state index in [0.29, 0.717) is 5.52 Å². The Kier molecular flexibility index (Phi) is 5.75. The van der Waals surface area contributed by atoms with E-state index in [-0.39, 0.29) is 36.4 Å². The van der Waals surface area contributed by atoms with E-state index in [0.717, 1.165) is 22.9 Å². The Labute approximate surface area is 192 Å². The van der Waals surface area contributed by atoms with Gasteiger partial charge in [0.1, 0.15) is 15.6 Å². The molecular weight excluding hydrogens is 494 g/mol. The number of methoxy groups -OCH3 is 1. The minimum atomic E-state index is -4.15. The van der Waals surface area contributed by atoms with Crippen molar-refractivity contribution in [3.63, 3.8) is 0 Å². The lowest BCUT2D eigenvalue weighted by Crippen LogP contribution is -2.18. The highest BCUT2D eigenvalue weighted by Gasteiger charge is 2.23. The summed E-state index contributed by atoms with van der Waals surface area (Å²) in [6.45, 7) is 0. The second-order valence-corrected chi connectivity index (χ2v) is 12.2. The van der Waals surface area contributed by atoms with Gasteiger partial charge in [0.25, 0.3) is 24.8 Å². The van der Waals surface area contributed by atoms with Gasteiger partial charge < -0.3 is 4.74 Å². The van der Waals surface area contributed by atoms with Crippen molar-refractivity contribution in [2.24, 2.45) is 7.05 Å². The highest BCUT2D eigenvalue weighted by Crippen LogP contribution is 2.36. The Morgan fingerprint density at radius 3 is 2.44 bits per heavy atom. The number of hydrogen-bond acceptors (Lipinski definition) is 8. The van der Waals surface area contributed by atoms with E-state index in [4.69, 9.17) is 4.74 Å². The summed E-state index contributed by atoms with van der Waals surface area (Å²) >= 11 is 1.99. The first-order valence-electron chi connectivity index (χ1n) is 8.98. The molecule has 0 aliphatic carbocycles. The minimum Gasteiger partial charge on any atom is -0.494 e. The molecule has 0 aliphatic heterocycles. The normalized spacial score (nSPS) is 12.1. The van der Waals surface area contributed by atoms with Crippen molar-refractivity contribution < 1.29 is 21.6 Å². The monoisotopic (exact) mass is 511 g/mol. The summed E-state index contributed by atoms with van der Waals surface area (Å²) in [7, 11) is -5.06. The lowest BCUT2D eigenvalue weighted by Gasteiger charge is -2.17. The van der Waals surface area contributed by atoms with Crippen LogP contribution in [0.1, 0.15) is 0 Å². The molecule has 9 nitrogen and oxygen atoms in total. The molecule has 0 bridgehead atoms. The minimum absolute atomic E-state index is 0.0252. The SMILES string of the molecule is COc1cccc(NS(=O)(=O)c2ccc3c(c2)c(=O)sn3C)c1NS(=O)(=O)c1cccs1. The molecule has 2 aromatic heterocycles. The van der Waals surface area contributed by atoms with E-state index >= 15 is 0 Å². The Morgan fingerprint density at radius 1 is 0.969 bits per heavy atom. The maximum Gasteiger partial charge on any atom is 0.271 e. The number of hydrogen-bond donors (Lipinski definition) is 2. The van der Waals surface area contributed by atoms with Gasteiger partial charge in [-0.15, -0.1) is 11.3 Å². The number of nitrogens with one attached hydrogen (secondary N) is 2. The summed E-state index contributed by atoms with van der Waals surface area (Å²) in [6, 6.07) is 11.7. The topological polar surface area (TPSA) is 124 Å². The van der Waals surface area contributed by atoms with Crippen LogP contribution in [0.5, 0.6) is 5.75 Å². The third kappa shape index (κ3) is 4.11. The number of para-hydroxylation sites is 1. The highest BCUT2D eigenvalue weighted by molar-refractivity contribution is 7.94. The summed E-state index contributed by atoms with van der Waals surface area (Å²) in [4.78, 5) is 12.0.